The molecule has 0 radical (unpaired) electrons. The maximum absolute atomic E-state index is 6.65. The lowest BCUT2D eigenvalue weighted by molar-refractivity contribution is 0.204. The van der Waals surface area contributed by atoms with E-state index in [-0.39, 0.29) is 39.5 Å². The van der Waals surface area contributed by atoms with E-state index in [1.165, 1.54) is 0 Å². The van der Waals surface area contributed by atoms with Crippen LogP contribution < -0.4 is 0 Å². The molecule has 0 unspecified atom stereocenters. The molecule has 1 saturated heterocycles. The van der Waals surface area contributed by atoms with E-state index < -0.39 is 14.1 Å². The molecule has 4 rings (SSSR count). The fraction of sp³-hybridized carbons (Fsp3) is 0.800. The predicted octanol–water partition coefficient (Wildman–Crippen LogP) is 4.45. The fourth-order valence-electron chi connectivity index (χ4n) is 3.80. The van der Waals surface area contributed by atoms with Gasteiger partial charge in [0.25, 0.3) is 0 Å². The molecule has 0 aromatic carbocycles. The van der Waals surface area contributed by atoms with Crippen molar-refractivity contribution in [1.82, 2.24) is 0 Å². The van der Waals surface area contributed by atoms with Gasteiger partial charge in [0.1, 0.15) is 15.9 Å². The van der Waals surface area contributed by atoms with Crippen LogP contribution in [0.3, 0.4) is 0 Å². The summed E-state index contributed by atoms with van der Waals surface area (Å²) in [5, 5.41) is 0.111. The molecule has 7 atom stereocenters. The van der Waals surface area contributed by atoms with Crippen LogP contribution in [-0.2, 0) is 4.74 Å². The minimum atomic E-state index is -1.50. The second kappa shape index (κ2) is 3.38. The fourth-order valence-corrected chi connectivity index (χ4v) is 7.49. The van der Waals surface area contributed by atoms with Crippen LogP contribution in [0, 0.1) is 11.8 Å². The van der Waals surface area contributed by atoms with E-state index in [0.717, 1.165) is 0 Å². The average molecular weight is 389 g/mol. The second-order valence-electron chi connectivity index (χ2n) is 5.19. The Morgan fingerprint density at radius 1 is 0.833 bits per heavy atom. The summed E-state index contributed by atoms with van der Waals surface area (Å²) in [6.45, 7) is 0. The Morgan fingerprint density at radius 3 is 1.89 bits per heavy atom. The maximum Gasteiger partial charge on any atom is 0.166 e. The standard InChI is InChI=1S/C10H5Cl7O/c11-3-1-2(4-5(3)18-4)9(15)7(13)6(12)8(1,14)10(9,16)17/h1-5H/t1-,2+,3+,4-,5+,8-,9-/m0/s1. The van der Waals surface area contributed by atoms with Crippen molar-refractivity contribution in [1.29, 1.82) is 0 Å². The van der Waals surface area contributed by atoms with Gasteiger partial charge in [-0.15, -0.1) is 34.8 Å². The van der Waals surface area contributed by atoms with Crippen LogP contribution in [0.5, 0.6) is 0 Å². The zero-order valence-corrected chi connectivity index (χ0v) is 13.7. The van der Waals surface area contributed by atoms with E-state index in [0.29, 0.717) is 0 Å². The molecule has 1 nitrogen and oxygen atoms in total. The molecule has 0 aromatic rings. The molecular formula is C10H5Cl7O. The minimum Gasteiger partial charge on any atom is -0.368 e. The summed E-state index contributed by atoms with van der Waals surface area (Å²) < 4.78 is 4.00. The molecule has 0 amide bonds. The average Bonchev–Trinajstić information content (AvgIpc) is 2.98. The van der Waals surface area contributed by atoms with Gasteiger partial charge in [-0.25, -0.2) is 0 Å². The monoisotopic (exact) mass is 386 g/mol. The molecule has 100 valence electrons. The molecule has 0 N–H and O–H groups in total. The third-order valence-electron chi connectivity index (χ3n) is 4.62. The first kappa shape index (κ1) is 13.4. The third-order valence-corrected chi connectivity index (χ3v) is 9.44. The van der Waals surface area contributed by atoms with Crippen LogP contribution in [0.25, 0.3) is 0 Å². The first-order valence-electron chi connectivity index (χ1n) is 5.32. The normalized spacial score (nSPS) is 63.2. The van der Waals surface area contributed by atoms with Crippen LogP contribution in [0.4, 0.5) is 0 Å². The number of epoxide rings is 1. The predicted molar refractivity (Wildman–Crippen MR) is 75.6 cm³/mol. The van der Waals surface area contributed by atoms with Crippen molar-refractivity contribution in [3.05, 3.63) is 10.1 Å². The molecule has 0 aromatic heterocycles. The van der Waals surface area contributed by atoms with E-state index in [9.17, 15) is 0 Å². The molecule has 3 fully saturated rings. The number of rotatable bonds is 0. The number of fused-ring (bicyclic) bond motifs is 7. The van der Waals surface area contributed by atoms with Crippen molar-refractivity contribution in [3.8, 4) is 0 Å². The third kappa shape index (κ3) is 1.02. The summed E-state index contributed by atoms with van der Waals surface area (Å²) >= 11 is 45.0. The van der Waals surface area contributed by atoms with Crippen molar-refractivity contribution in [2.24, 2.45) is 11.8 Å². The van der Waals surface area contributed by atoms with E-state index in [1.54, 1.807) is 0 Å². The molecule has 18 heavy (non-hydrogen) atoms. The Kier molecular flexibility index (Phi) is 2.52. The number of hydrogen-bond donors (Lipinski definition) is 0. The summed E-state index contributed by atoms with van der Waals surface area (Å²) in [5.74, 6) is -0.457. The summed E-state index contributed by atoms with van der Waals surface area (Å²) in [6.07, 6.45) is -0.152. The van der Waals surface area contributed by atoms with Crippen LogP contribution >= 0.6 is 81.2 Å². The van der Waals surface area contributed by atoms with Crippen molar-refractivity contribution in [2.75, 3.05) is 0 Å². The molecular weight excluding hydrogens is 384 g/mol. The van der Waals surface area contributed by atoms with E-state index >= 15 is 0 Å². The van der Waals surface area contributed by atoms with E-state index in [4.69, 9.17) is 85.9 Å². The molecule has 0 spiro atoms. The Bertz CT molecular complexity index is 476. The topological polar surface area (TPSA) is 12.5 Å². The highest BCUT2D eigenvalue weighted by Crippen LogP contribution is 2.81. The molecule has 1 heterocycles. The largest absolute Gasteiger partial charge is 0.368 e. The van der Waals surface area contributed by atoms with Gasteiger partial charge in [-0.2, -0.15) is 0 Å². The van der Waals surface area contributed by atoms with Gasteiger partial charge in [0.05, 0.1) is 21.5 Å². The van der Waals surface area contributed by atoms with Gasteiger partial charge in [0.2, 0.25) is 0 Å². The molecule has 8 heteroatoms. The van der Waals surface area contributed by atoms with Crippen LogP contribution in [0.15, 0.2) is 10.1 Å². The highest BCUT2D eigenvalue weighted by Gasteiger charge is 2.89. The maximum atomic E-state index is 6.65. The SMILES string of the molecule is ClC1=C(Cl)[C@@]2(Cl)[C@H]3[C@@H]4O[C@@H]4[C@H](Cl)[C@H]3[C@@]1(Cl)C2(Cl)Cl. The Morgan fingerprint density at radius 2 is 1.33 bits per heavy atom. The molecule has 1 aliphatic heterocycles. The second-order valence-corrected chi connectivity index (χ2v) is 8.97. The summed E-state index contributed by atoms with van der Waals surface area (Å²) in [7, 11) is 0. The first-order valence-corrected chi connectivity index (χ1v) is 8.02. The first-order chi connectivity index (χ1) is 8.20. The van der Waals surface area contributed by atoms with Gasteiger partial charge in [-0.05, 0) is 0 Å². The van der Waals surface area contributed by atoms with Gasteiger partial charge in [-0.3, -0.25) is 0 Å². The lowest BCUT2D eigenvalue weighted by Gasteiger charge is -2.35. The lowest BCUT2D eigenvalue weighted by Crippen LogP contribution is -2.46. The molecule has 3 aliphatic carbocycles. The highest BCUT2D eigenvalue weighted by atomic mass is 35.5. The zero-order valence-electron chi connectivity index (χ0n) is 8.44. The number of halogens is 7. The van der Waals surface area contributed by atoms with Crippen molar-refractivity contribution >= 4 is 81.2 Å². The van der Waals surface area contributed by atoms with Crippen molar-refractivity contribution in [3.63, 3.8) is 0 Å². The quantitative estimate of drug-likeness (QED) is 0.441. The van der Waals surface area contributed by atoms with Gasteiger partial charge in [0, 0.05) is 11.8 Å². The Labute approximate surface area is 139 Å². The van der Waals surface area contributed by atoms with Crippen molar-refractivity contribution in [2.45, 2.75) is 31.7 Å². The summed E-state index contributed by atoms with van der Waals surface area (Å²) in [6, 6.07) is 0. The van der Waals surface area contributed by atoms with Gasteiger partial charge < -0.3 is 4.74 Å². The number of allylic oxidation sites excluding steroid dienone is 2. The smallest absolute Gasteiger partial charge is 0.166 e. The van der Waals surface area contributed by atoms with Gasteiger partial charge in [0.15, 0.2) is 4.33 Å². The van der Waals surface area contributed by atoms with E-state index in [1.807, 2.05) is 0 Å². The number of ether oxygens (including phenoxy) is 1. The van der Waals surface area contributed by atoms with Crippen LogP contribution in [0.1, 0.15) is 0 Å². The Balaban J connectivity index is 2.01. The lowest BCUT2D eigenvalue weighted by atomic mass is 9.83. The highest BCUT2D eigenvalue weighted by molar-refractivity contribution is 6.66. The zero-order chi connectivity index (χ0) is 13.2. The summed E-state index contributed by atoms with van der Waals surface area (Å²) in [5.41, 5.74) is 0. The molecule has 4 aliphatic rings. The van der Waals surface area contributed by atoms with Crippen molar-refractivity contribution < 1.29 is 4.74 Å². The van der Waals surface area contributed by atoms with Gasteiger partial charge in [-0.1, -0.05) is 46.4 Å². The number of hydrogen-bond acceptors (Lipinski definition) is 1. The van der Waals surface area contributed by atoms with E-state index in [2.05, 4.69) is 0 Å². The summed E-state index contributed by atoms with van der Waals surface area (Å²) in [4.78, 5) is -2.48. The van der Waals surface area contributed by atoms with Crippen LogP contribution in [-0.4, -0.2) is 31.7 Å². The molecule has 2 saturated carbocycles. The Hall–Kier alpha value is 1.73. The van der Waals surface area contributed by atoms with Gasteiger partial charge >= 0.3 is 0 Å². The minimum absolute atomic E-state index is 0.0608. The van der Waals surface area contributed by atoms with Crippen LogP contribution in [0.2, 0.25) is 0 Å². The number of alkyl halides is 5. The molecule has 2 bridgehead atoms.